The number of likely N-dealkylation sites (tertiary alicyclic amines) is 1. The van der Waals surface area contributed by atoms with Crippen molar-refractivity contribution >= 4 is 5.84 Å². The van der Waals surface area contributed by atoms with E-state index in [-0.39, 0.29) is 0 Å². The van der Waals surface area contributed by atoms with Gasteiger partial charge in [-0.1, -0.05) is 0 Å². The molecule has 0 aliphatic carbocycles. The lowest BCUT2D eigenvalue weighted by atomic mass is 10.1. The van der Waals surface area contributed by atoms with Crippen LogP contribution in [0.25, 0.3) is 0 Å². The van der Waals surface area contributed by atoms with Crippen molar-refractivity contribution in [1.82, 2.24) is 9.88 Å². The van der Waals surface area contributed by atoms with Crippen LogP contribution < -0.4 is 0 Å². The summed E-state index contributed by atoms with van der Waals surface area (Å²) in [6.45, 7) is 4.04. The van der Waals surface area contributed by atoms with Gasteiger partial charge < -0.3 is 4.90 Å². The van der Waals surface area contributed by atoms with Gasteiger partial charge in [0.05, 0.1) is 0 Å². The molecule has 13 heavy (non-hydrogen) atoms. The van der Waals surface area contributed by atoms with Gasteiger partial charge in [-0.25, -0.2) is 0 Å². The fourth-order valence-electron chi connectivity index (χ4n) is 1.37. The number of aryl methyl sites for hydroxylation is 1. The smallest absolute Gasteiger partial charge is 0.147 e. The number of hydrogen-bond donors (Lipinski definition) is 1. The zero-order valence-corrected chi connectivity index (χ0v) is 7.75. The molecule has 2 rings (SSSR count). The third-order valence-corrected chi connectivity index (χ3v) is 2.33. The average molecular weight is 175 g/mol. The van der Waals surface area contributed by atoms with Crippen molar-refractivity contribution in [3.63, 3.8) is 0 Å². The monoisotopic (exact) mass is 175 g/mol. The molecule has 1 saturated heterocycles. The molecule has 1 aliphatic rings. The van der Waals surface area contributed by atoms with Gasteiger partial charge in [0.15, 0.2) is 0 Å². The van der Waals surface area contributed by atoms with E-state index in [9.17, 15) is 0 Å². The number of nitrogens with one attached hydrogen (secondary N) is 1. The highest BCUT2D eigenvalue weighted by Crippen LogP contribution is 2.11. The molecule has 0 saturated carbocycles. The number of hydrogen-bond acceptors (Lipinski definition) is 2. The molecule has 1 N–H and O–H groups in total. The fraction of sp³-hybridized carbons (Fsp3) is 0.400. The van der Waals surface area contributed by atoms with E-state index in [4.69, 9.17) is 5.41 Å². The second-order valence-electron chi connectivity index (χ2n) is 3.41. The fourth-order valence-corrected chi connectivity index (χ4v) is 1.37. The Morgan fingerprint density at radius 1 is 1.54 bits per heavy atom. The zero-order chi connectivity index (χ0) is 9.26. The third kappa shape index (κ3) is 1.54. The minimum atomic E-state index is 0.565. The summed E-state index contributed by atoms with van der Waals surface area (Å²) < 4.78 is 0. The molecule has 1 fully saturated rings. The van der Waals surface area contributed by atoms with Crippen molar-refractivity contribution in [1.29, 1.82) is 5.41 Å². The lowest BCUT2D eigenvalue weighted by Gasteiger charge is -2.32. The number of rotatable bonds is 1. The van der Waals surface area contributed by atoms with E-state index in [0.717, 1.165) is 24.3 Å². The molecule has 0 bridgehead atoms. The Labute approximate surface area is 77.9 Å². The Hall–Kier alpha value is -1.38. The quantitative estimate of drug-likeness (QED) is 0.518. The summed E-state index contributed by atoms with van der Waals surface area (Å²) in [7, 11) is 0. The second kappa shape index (κ2) is 3.17. The number of pyridine rings is 1. The van der Waals surface area contributed by atoms with Crippen LogP contribution in [0.2, 0.25) is 0 Å². The molecule has 0 atom stereocenters. The highest BCUT2D eigenvalue weighted by Gasteiger charge is 2.18. The van der Waals surface area contributed by atoms with E-state index < -0.39 is 0 Å². The molecule has 0 unspecified atom stereocenters. The van der Waals surface area contributed by atoms with Crippen molar-refractivity contribution in [3.05, 3.63) is 29.6 Å². The van der Waals surface area contributed by atoms with Gasteiger partial charge in [-0.2, -0.15) is 0 Å². The molecule has 0 aromatic carbocycles. The van der Waals surface area contributed by atoms with E-state index in [1.807, 2.05) is 24.0 Å². The maximum Gasteiger partial charge on any atom is 0.147 e. The van der Waals surface area contributed by atoms with Gasteiger partial charge in [0.2, 0.25) is 0 Å². The molecule has 3 nitrogen and oxygen atoms in total. The molecular formula is C10H13N3. The summed E-state index contributed by atoms with van der Waals surface area (Å²) >= 11 is 0. The Morgan fingerprint density at radius 2 is 2.31 bits per heavy atom. The molecule has 1 aliphatic heterocycles. The van der Waals surface area contributed by atoms with Crippen LogP contribution >= 0.6 is 0 Å². The van der Waals surface area contributed by atoms with Crippen molar-refractivity contribution in [3.8, 4) is 0 Å². The number of nitrogens with zero attached hydrogens (tertiary/aromatic N) is 2. The maximum absolute atomic E-state index is 7.85. The summed E-state index contributed by atoms with van der Waals surface area (Å²) in [5.74, 6) is 0.565. The Balaban J connectivity index is 2.19. The highest BCUT2D eigenvalue weighted by atomic mass is 15.2. The number of amidine groups is 1. The van der Waals surface area contributed by atoms with Crippen molar-refractivity contribution in [2.24, 2.45) is 0 Å². The summed E-state index contributed by atoms with van der Waals surface area (Å²) in [4.78, 5) is 6.22. The first-order valence-corrected chi connectivity index (χ1v) is 4.54. The first kappa shape index (κ1) is 8.23. The first-order valence-electron chi connectivity index (χ1n) is 4.54. The molecule has 1 aromatic heterocycles. The van der Waals surface area contributed by atoms with Crippen LogP contribution in [0, 0.1) is 12.3 Å². The second-order valence-corrected chi connectivity index (χ2v) is 3.41. The van der Waals surface area contributed by atoms with Gasteiger partial charge >= 0.3 is 0 Å². The Morgan fingerprint density at radius 3 is 2.85 bits per heavy atom. The van der Waals surface area contributed by atoms with Gasteiger partial charge in [-0.05, 0) is 31.0 Å². The SMILES string of the molecule is Cc1ccnc(C(=N)N2CCC2)c1. The average Bonchev–Trinajstić information content (AvgIpc) is 2.01. The van der Waals surface area contributed by atoms with Crippen molar-refractivity contribution in [2.45, 2.75) is 13.3 Å². The summed E-state index contributed by atoms with van der Waals surface area (Å²) in [6.07, 6.45) is 2.97. The van der Waals surface area contributed by atoms with Crippen LogP contribution in [0.4, 0.5) is 0 Å². The third-order valence-electron chi connectivity index (χ3n) is 2.33. The molecule has 0 radical (unpaired) electrons. The standard InChI is InChI=1S/C10H13N3/c1-8-3-4-12-9(7-8)10(11)13-5-2-6-13/h3-4,7,11H,2,5-6H2,1H3. The van der Waals surface area contributed by atoms with Crippen molar-refractivity contribution in [2.75, 3.05) is 13.1 Å². The summed E-state index contributed by atoms with van der Waals surface area (Å²) in [6, 6.07) is 3.91. The highest BCUT2D eigenvalue weighted by molar-refractivity contribution is 5.95. The Bertz CT molecular complexity index is 329. The van der Waals surface area contributed by atoms with Crippen LogP contribution in [0.5, 0.6) is 0 Å². The van der Waals surface area contributed by atoms with Crippen LogP contribution in [0.1, 0.15) is 17.7 Å². The van der Waals surface area contributed by atoms with E-state index in [1.54, 1.807) is 6.20 Å². The molecular weight excluding hydrogens is 162 g/mol. The van der Waals surface area contributed by atoms with Gasteiger partial charge in [-0.15, -0.1) is 0 Å². The molecule has 1 aromatic rings. The topological polar surface area (TPSA) is 40.0 Å². The molecule has 3 heteroatoms. The van der Waals surface area contributed by atoms with Crippen molar-refractivity contribution < 1.29 is 0 Å². The zero-order valence-electron chi connectivity index (χ0n) is 7.75. The van der Waals surface area contributed by atoms with E-state index in [1.165, 1.54) is 6.42 Å². The minimum Gasteiger partial charge on any atom is -0.355 e. The van der Waals surface area contributed by atoms with Crippen LogP contribution in [-0.2, 0) is 0 Å². The normalized spacial score (nSPS) is 15.3. The lowest BCUT2D eigenvalue weighted by molar-refractivity contribution is 0.298. The first-order chi connectivity index (χ1) is 6.27. The maximum atomic E-state index is 7.85. The van der Waals surface area contributed by atoms with E-state index >= 15 is 0 Å². The largest absolute Gasteiger partial charge is 0.355 e. The summed E-state index contributed by atoms with van der Waals surface area (Å²) in [5.41, 5.74) is 1.95. The van der Waals surface area contributed by atoms with Gasteiger partial charge in [-0.3, -0.25) is 10.4 Å². The molecule has 68 valence electrons. The summed E-state index contributed by atoms with van der Waals surface area (Å²) in [5, 5.41) is 7.85. The Kier molecular flexibility index (Phi) is 2.00. The predicted octanol–water partition coefficient (Wildman–Crippen LogP) is 1.42. The predicted molar refractivity (Wildman–Crippen MR) is 52.0 cm³/mol. The van der Waals surface area contributed by atoms with E-state index in [0.29, 0.717) is 5.84 Å². The molecule has 0 amide bonds. The van der Waals surface area contributed by atoms with Crippen LogP contribution in [-0.4, -0.2) is 28.8 Å². The lowest BCUT2D eigenvalue weighted by Crippen LogP contribution is -2.42. The van der Waals surface area contributed by atoms with Gasteiger partial charge in [0.1, 0.15) is 11.5 Å². The molecule has 0 spiro atoms. The van der Waals surface area contributed by atoms with Gasteiger partial charge in [0.25, 0.3) is 0 Å². The van der Waals surface area contributed by atoms with Crippen LogP contribution in [0.15, 0.2) is 18.3 Å². The minimum absolute atomic E-state index is 0.565. The van der Waals surface area contributed by atoms with E-state index in [2.05, 4.69) is 4.98 Å². The molecule has 2 heterocycles. The number of aromatic nitrogens is 1. The van der Waals surface area contributed by atoms with Crippen LogP contribution in [0.3, 0.4) is 0 Å². The van der Waals surface area contributed by atoms with Gasteiger partial charge in [0, 0.05) is 19.3 Å².